The zero-order chi connectivity index (χ0) is 29.5. The van der Waals surface area contributed by atoms with E-state index in [4.69, 9.17) is 25.3 Å². The molecule has 1 fully saturated rings. The molecule has 0 aromatic heterocycles. The van der Waals surface area contributed by atoms with Crippen molar-refractivity contribution < 1.29 is 34.9 Å². The molecule has 1 aliphatic heterocycles. The summed E-state index contributed by atoms with van der Waals surface area (Å²) in [6, 6.07) is -5.10. The van der Waals surface area contributed by atoms with Crippen LogP contribution in [0.4, 0.5) is 10.5 Å². The number of hydrogen-bond acceptors (Lipinski definition) is 4. The Kier molecular flexibility index (Phi) is 1.61. The minimum atomic E-state index is -3.82. The molecule has 0 saturated carbocycles. The molecule has 1 aromatic rings. The van der Waals surface area contributed by atoms with Crippen LogP contribution in [0.15, 0.2) is 24.2 Å². The van der Waals surface area contributed by atoms with Crippen LogP contribution in [0.3, 0.4) is 0 Å². The number of anilines is 1. The lowest BCUT2D eigenvalue weighted by Gasteiger charge is -2.36. The maximum atomic E-state index is 12.8. The SMILES string of the molecule is [2H]c1c([2H])c(C(=O)C([2H])([2H])[2H])c([2H])c(N2C([2H])([2H])C([2H])([2H])N(C(=O)OC(C)(C)C)C([2H])([2H])C2([2H])[2H])c1[2H]. The van der Waals surface area contributed by atoms with Gasteiger partial charge < -0.3 is 14.5 Å². The zero-order valence-electron chi connectivity index (χ0n) is 27.1. The van der Waals surface area contributed by atoms with Gasteiger partial charge in [-0.3, -0.25) is 4.79 Å². The lowest BCUT2D eigenvalue weighted by Crippen LogP contribution is -2.50. The van der Waals surface area contributed by atoms with Gasteiger partial charge in [-0.2, -0.15) is 0 Å². The number of benzene rings is 1. The molecule has 120 valence electrons. The van der Waals surface area contributed by atoms with Gasteiger partial charge in [0.05, 0.1) is 16.4 Å². The smallest absolute Gasteiger partial charge is 0.410 e. The van der Waals surface area contributed by atoms with E-state index in [0.29, 0.717) is 0 Å². The first-order valence-electron chi connectivity index (χ1n) is 13.7. The summed E-state index contributed by atoms with van der Waals surface area (Å²) >= 11 is 0. The molecule has 2 rings (SSSR count). The van der Waals surface area contributed by atoms with Crippen molar-refractivity contribution in [2.45, 2.75) is 33.2 Å². The molecule has 0 bridgehead atoms. The molecule has 5 heteroatoms. The highest BCUT2D eigenvalue weighted by atomic mass is 16.6. The standard InChI is InChI=1S/C17H24N2O3/c1-13(20)14-6-5-7-15(12-14)18-8-10-19(11-9-18)16(21)22-17(2,3)4/h5-7,12H,8-11H2,1-4H3/i1D3,5D,6D,7D,8D2,9D2,10D2,11D2,12D. The lowest BCUT2D eigenvalue weighted by molar-refractivity contribution is 0.0240. The van der Waals surface area contributed by atoms with Crippen LogP contribution in [-0.4, -0.2) is 48.4 Å². The zero-order valence-corrected chi connectivity index (χ0v) is 12.1. The number of carbonyl (C=O) groups excluding carboxylic acids is 2. The van der Waals surface area contributed by atoms with Gasteiger partial charge in [0.1, 0.15) is 5.60 Å². The Morgan fingerprint density at radius 3 is 2.55 bits per heavy atom. The monoisotopic (exact) mass is 319 g/mol. The number of rotatable bonds is 2. The Morgan fingerprint density at radius 2 is 1.95 bits per heavy atom. The molecule has 0 aliphatic carbocycles. The van der Waals surface area contributed by atoms with Gasteiger partial charge in [0.2, 0.25) is 0 Å². The van der Waals surface area contributed by atoms with E-state index in [2.05, 4.69) is 0 Å². The van der Waals surface area contributed by atoms with Gasteiger partial charge in [-0.1, -0.05) is 12.1 Å². The molecule has 22 heavy (non-hydrogen) atoms. The Labute approximate surface area is 152 Å². The first-order chi connectivity index (χ1) is 16.2. The third-order valence-electron chi connectivity index (χ3n) is 2.19. The van der Waals surface area contributed by atoms with Gasteiger partial charge in [0.25, 0.3) is 0 Å². The predicted octanol–water partition coefficient (Wildman–Crippen LogP) is 2.95. The molecule has 5 nitrogen and oxygen atoms in total. The van der Waals surface area contributed by atoms with E-state index in [1.807, 2.05) is 0 Å². The van der Waals surface area contributed by atoms with Crippen molar-refractivity contribution >= 4 is 17.6 Å². The van der Waals surface area contributed by atoms with Crippen LogP contribution in [0.1, 0.15) is 58.5 Å². The Balaban J connectivity index is 3.00. The molecule has 1 heterocycles. The Hall–Kier alpha value is -2.04. The lowest BCUT2D eigenvalue weighted by atomic mass is 10.1. The summed E-state index contributed by atoms with van der Waals surface area (Å²) in [5, 5.41) is 0. The Bertz CT molecular complexity index is 1110. The van der Waals surface area contributed by atoms with Gasteiger partial charge in [-0.05, 0) is 39.7 Å². The molecule has 0 unspecified atom stereocenters. The van der Waals surface area contributed by atoms with Crippen molar-refractivity contribution in [1.82, 2.24) is 4.90 Å². The average Bonchev–Trinajstić information content (AvgIpc) is 2.65. The number of hydrogen-bond donors (Lipinski definition) is 0. The molecule has 1 saturated heterocycles. The fourth-order valence-corrected chi connectivity index (χ4v) is 1.33. The van der Waals surface area contributed by atoms with Crippen molar-refractivity contribution in [2.24, 2.45) is 0 Å². The summed E-state index contributed by atoms with van der Waals surface area (Å²) in [6.45, 7) is -14.6. The largest absolute Gasteiger partial charge is 0.444 e. The third-order valence-corrected chi connectivity index (χ3v) is 2.19. The number of piperazine rings is 1. The van der Waals surface area contributed by atoms with Crippen LogP contribution >= 0.6 is 0 Å². The van der Waals surface area contributed by atoms with Crippen LogP contribution in [-0.2, 0) is 4.74 Å². The highest BCUT2D eigenvalue weighted by molar-refractivity contribution is 5.95. The first-order valence-corrected chi connectivity index (χ1v) is 6.16. The van der Waals surface area contributed by atoms with Gasteiger partial charge in [0.15, 0.2) is 5.78 Å². The minimum absolute atomic E-state index is 0.348. The highest BCUT2D eigenvalue weighted by Crippen LogP contribution is 2.19. The van der Waals surface area contributed by atoms with Crippen LogP contribution in [0, 0.1) is 0 Å². The molecular weight excluding hydrogens is 280 g/mol. The fourth-order valence-electron chi connectivity index (χ4n) is 1.33. The summed E-state index contributed by atoms with van der Waals surface area (Å²) in [5.74, 6) is -1.85. The summed E-state index contributed by atoms with van der Waals surface area (Å²) < 4.78 is 126. The molecule has 1 amide bonds. The van der Waals surface area contributed by atoms with E-state index in [9.17, 15) is 9.59 Å². The minimum Gasteiger partial charge on any atom is -0.444 e. The summed E-state index contributed by atoms with van der Waals surface area (Å²) in [7, 11) is 0. The number of carbonyl (C=O) groups is 2. The molecule has 0 atom stereocenters. The van der Waals surface area contributed by atoms with Gasteiger partial charge in [0, 0.05) is 41.4 Å². The van der Waals surface area contributed by atoms with Crippen LogP contribution < -0.4 is 4.90 Å². The molecule has 0 spiro atoms. The molecule has 1 aromatic carbocycles. The van der Waals surface area contributed by atoms with Crippen LogP contribution in [0.25, 0.3) is 0 Å². The quantitative estimate of drug-likeness (QED) is 0.787. The van der Waals surface area contributed by atoms with E-state index in [1.165, 1.54) is 20.8 Å². The summed E-state index contributed by atoms with van der Waals surface area (Å²) in [4.78, 5) is 24.5. The van der Waals surface area contributed by atoms with E-state index in [0.717, 1.165) is 0 Å². The van der Waals surface area contributed by atoms with Crippen molar-refractivity contribution in [3.63, 3.8) is 0 Å². The first kappa shape index (κ1) is 5.55. The normalized spacial score (nSPS) is 35.3. The van der Waals surface area contributed by atoms with Crippen molar-refractivity contribution in [2.75, 3.05) is 30.9 Å². The maximum Gasteiger partial charge on any atom is 0.410 e. The van der Waals surface area contributed by atoms with E-state index in [1.54, 1.807) is 0 Å². The van der Waals surface area contributed by atoms with Crippen molar-refractivity contribution in [1.29, 1.82) is 0 Å². The third kappa shape index (κ3) is 4.23. The second kappa shape index (κ2) is 6.38. The maximum absolute atomic E-state index is 12.8. The molecule has 0 N–H and O–H groups in total. The number of Topliss-reactive ketones (excluding diaryl/α,β-unsaturated/α-hetero) is 1. The molecular formula is C17H24N2O3. The summed E-state index contributed by atoms with van der Waals surface area (Å²) in [5.41, 5.74) is -3.99. The number of nitrogens with zero attached hydrogens (tertiary/aromatic N) is 2. The van der Waals surface area contributed by atoms with Crippen LogP contribution in [0.5, 0.6) is 0 Å². The number of ketones is 1. The fraction of sp³-hybridized carbons (Fsp3) is 0.529. The second-order valence-electron chi connectivity index (χ2n) is 5.15. The highest BCUT2D eigenvalue weighted by Gasteiger charge is 2.26. The second-order valence-corrected chi connectivity index (χ2v) is 5.15. The topological polar surface area (TPSA) is 49.9 Å². The van der Waals surface area contributed by atoms with E-state index in [-0.39, 0.29) is 4.90 Å². The number of ether oxygens (including phenoxy) is 1. The Morgan fingerprint density at radius 1 is 1.27 bits per heavy atom. The molecule has 0 radical (unpaired) electrons. The predicted molar refractivity (Wildman–Crippen MR) is 86.5 cm³/mol. The van der Waals surface area contributed by atoms with Gasteiger partial charge in [-0.15, -0.1) is 0 Å². The van der Waals surface area contributed by atoms with E-state index < -0.39 is 90.6 Å². The van der Waals surface area contributed by atoms with Crippen LogP contribution in [0.2, 0.25) is 0 Å². The van der Waals surface area contributed by atoms with Gasteiger partial charge >= 0.3 is 6.09 Å². The van der Waals surface area contributed by atoms with E-state index >= 15 is 0 Å². The van der Waals surface area contributed by atoms with Crippen molar-refractivity contribution in [3.05, 3.63) is 29.7 Å². The summed E-state index contributed by atoms with van der Waals surface area (Å²) in [6.07, 6.45) is -1.77. The van der Waals surface area contributed by atoms with Crippen molar-refractivity contribution in [3.8, 4) is 0 Å². The number of amides is 1. The van der Waals surface area contributed by atoms with Gasteiger partial charge in [-0.25, -0.2) is 4.79 Å². The average molecular weight is 319 g/mol. The molecule has 1 aliphatic rings.